The lowest BCUT2D eigenvalue weighted by molar-refractivity contribution is -0.134. The molecule has 0 unspecified atom stereocenters. The highest BCUT2D eigenvalue weighted by atomic mass is 16.5. The Hall–Kier alpha value is -3.00. The second kappa shape index (κ2) is 8.35. The molecule has 0 fully saturated rings. The lowest BCUT2D eigenvalue weighted by Gasteiger charge is -2.23. The molecule has 28 heavy (non-hydrogen) atoms. The van der Waals surface area contributed by atoms with Crippen LogP contribution in [-0.4, -0.2) is 29.6 Å². The Morgan fingerprint density at radius 2 is 2.00 bits per heavy atom. The highest BCUT2D eigenvalue weighted by Gasteiger charge is 2.32. The zero-order valence-electron chi connectivity index (χ0n) is 16.7. The predicted molar refractivity (Wildman–Crippen MR) is 107 cm³/mol. The van der Waals surface area contributed by atoms with Gasteiger partial charge in [-0.15, -0.1) is 0 Å². The van der Waals surface area contributed by atoms with E-state index in [-0.39, 0.29) is 18.1 Å². The summed E-state index contributed by atoms with van der Waals surface area (Å²) in [5, 5.41) is 8.92. The lowest BCUT2D eigenvalue weighted by Crippen LogP contribution is -2.35. The maximum Gasteiger partial charge on any atom is 0.260 e. The number of benzene rings is 2. The van der Waals surface area contributed by atoms with E-state index in [1.165, 1.54) is 0 Å². The van der Waals surface area contributed by atoms with Gasteiger partial charge in [-0.25, -0.2) is 0 Å². The highest BCUT2D eigenvalue weighted by Crippen LogP contribution is 2.41. The standard InChI is InChI=1S/C23H26N2O3/c1-4-12-25(15-18-10-8-17(14-24)9-11-18)21(26)16-27-20-7-5-6-19-13-23(2,3)28-22(19)20/h5-11H,4,12-13,15-16H2,1-3H3. The van der Waals surface area contributed by atoms with Crippen molar-refractivity contribution in [3.8, 4) is 17.6 Å². The van der Waals surface area contributed by atoms with Gasteiger partial charge in [0.1, 0.15) is 5.60 Å². The molecule has 1 heterocycles. The zero-order valence-corrected chi connectivity index (χ0v) is 16.7. The normalized spacial score (nSPS) is 13.9. The van der Waals surface area contributed by atoms with Gasteiger partial charge < -0.3 is 14.4 Å². The number of hydrogen-bond donors (Lipinski definition) is 0. The first-order chi connectivity index (χ1) is 13.4. The molecule has 5 nitrogen and oxygen atoms in total. The molecule has 0 radical (unpaired) electrons. The second-order valence-electron chi connectivity index (χ2n) is 7.70. The van der Waals surface area contributed by atoms with E-state index in [0.29, 0.717) is 24.4 Å². The van der Waals surface area contributed by atoms with Crippen molar-refractivity contribution in [2.45, 2.75) is 45.8 Å². The van der Waals surface area contributed by atoms with Crippen molar-refractivity contribution >= 4 is 5.91 Å². The van der Waals surface area contributed by atoms with Crippen molar-refractivity contribution in [2.24, 2.45) is 0 Å². The van der Waals surface area contributed by atoms with E-state index in [9.17, 15) is 4.79 Å². The van der Waals surface area contributed by atoms with Crippen LogP contribution < -0.4 is 9.47 Å². The number of carbonyl (C=O) groups is 1. The molecule has 0 aromatic heterocycles. The molecule has 1 amide bonds. The molecule has 1 aliphatic heterocycles. The van der Waals surface area contributed by atoms with Gasteiger partial charge in [0.2, 0.25) is 0 Å². The largest absolute Gasteiger partial charge is 0.483 e. The topological polar surface area (TPSA) is 62.6 Å². The van der Waals surface area contributed by atoms with Crippen molar-refractivity contribution < 1.29 is 14.3 Å². The minimum absolute atomic E-state index is 0.0312. The van der Waals surface area contributed by atoms with E-state index in [0.717, 1.165) is 29.7 Å². The van der Waals surface area contributed by atoms with Crippen LogP contribution in [0.15, 0.2) is 42.5 Å². The van der Waals surface area contributed by atoms with Gasteiger partial charge in [-0.3, -0.25) is 4.79 Å². The Kier molecular flexibility index (Phi) is 5.89. The summed E-state index contributed by atoms with van der Waals surface area (Å²) in [6, 6.07) is 15.2. The average molecular weight is 378 g/mol. The van der Waals surface area contributed by atoms with E-state index in [4.69, 9.17) is 14.7 Å². The fourth-order valence-corrected chi connectivity index (χ4v) is 3.40. The molecule has 1 aliphatic rings. The summed E-state index contributed by atoms with van der Waals surface area (Å²) in [6.45, 7) is 7.25. The summed E-state index contributed by atoms with van der Waals surface area (Å²) >= 11 is 0. The fraction of sp³-hybridized carbons (Fsp3) is 0.391. The number of amides is 1. The Morgan fingerprint density at radius 3 is 2.68 bits per heavy atom. The molecule has 0 atom stereocenters. The molecule has 3 rings (SSSR count). The van der Waals surface area contributed by atoms with Gasteiger partial charge in [-0.2, -0.15) is 5.26 Å². The molecule has 0 aliphatic carbocycles. The van der Waals surface area contributed by atoms with E-state index >= 15 is 0 Å². The monoisotopic (exact) mass is 378 g/mol. The lowest BCUT2D eigenvalue weighted by atomic mass is 10.0. The van der Waals surface area contributed by atoms with Crippen LogP contribution in [0.25, 0.3) is 0 Å². The van der Waals surface area contributed by atoms with E-state index in [1.54, 1.807) is 17.0 Å². The predicted octanol–water partition coefficient (Wildman–Crippen LogP) is 4.09. The Morgan fingerprint density at radius 1 is 1.25 bits per heavy atom. The quantitative estimate of drug-likeness (QED) is 0.728. The molecule has 0 saturated heterocycles. The Labute approximate surface area is 166 Å². The van der Waals surface area contributed by atoms with Crippen LogP contribution in [-0.2, 0) is 17.8 Å². The van der Waals surface area contributed by atoms with Crippen LogP contribution in [0.2, 0.25) is 0 Å². The van der Waals surface area contributed by atoms with Crippen LogP contribution >= 0.6 is 0 Å². The molecule has 0 spiro atoms. The van der Waals surface area contributed by atoms with Crippen molar-refractivity contribution in [1.29, 1.82) is 5.26 Å². The molecule has 146 valence electrons. The number of fused-ring (bicyclic) bond motifs is 1. The fourth-order valence-electron chi connectivity index (χ4n) is 3.40. The summed E-state index contributed by atoms with van der Waals surface area (Å²) in [7, 11) is 0. The molecule has 0 bridgehead atoms. The maximum atomic E-state index is 12.8. The SMILES string of the molecule is CCCN(Cc1ccc(C#N)cc1)C(=O)COc1cccc2c1OC(C)(C)C2. The summed E-state index contributed by atoms with van der Waals surface area (Å²) in [6.07, 6.45) is 1.69. The van der Waals surface area contributed by atoms with Crippen LogP contribution in [0.5, 0.6) is 11.5 Å². The number of hydrogen-bond acceptors (Lipinski definition) is 4. The minimum atomic E-state index is -0.254. The first-order valence-corrected chi connectivity index (χ1v) is 9.62. The van der Waals surface area contributed by atoms with Crippen LogP contribution in [0.1, 0.15) is 43.9 Å². The van der Waals surface area contributed by atoms with Crippen LogP contribution in [0.3, 0.4) is 0 Å². The number of nitriles is 1. The van der Waals surface area contributed by atoms with Crippen molar-refractivity contribution in [2.75, 3.05) is 13.2 Å². The molecular weight excluding hydrogens is 352 g/mol. The van der Waals surface area contributed by atoms with Crippen molar-refractivity contribution in [3.63, 3.8) is 0 Å². The van der Waals surface area contributed by atoms with Gasteiger partial charge in [-0.05, 0) is 44.0 Å². The smallest absolute Gasteiger partial charge is 0.260 e. The third-order valence-corrected chi connectivity index (χ3v) is 4.71. The average Bonchev–Trinajstić information content (AvgIpc) is 3.00. The molecular formula is C23H26N2O3. The van der Waals surface area contributed by atoms with Gasteiger partial charge >= 0.3 is 0 Å². The first kappa shape index (κ1) is 19.8. The molecule has 0 N–H and O–H groups in total. The second-order valence-corrected chi connectivity index (χ2v) is 7.70. The summed E-state index contributed by atoms with van der Waals surface area (Å²) in [5.41, 5.74) is 2.46. The third-order valence-electron chi connectivity index (χ3n) is 4.71. The van der Waals surface area contributed by atoms with Gasteiger partial charge in [0, 0.05) is 25.1 Å². The summed E-state index contributed by atoms with van der Waals surface area (Å²) in [4.78, 5) is 14.6. The highest BCUT2D eigenvalue weighted by molar-refractivity contribution is 5.78. The number of nitrogens with zero attached hydrogens (tertiary/aromatic N) is 2. The van der Waals surface area contributed by atoms with Gasteiger partial charge in [0.15, 0.2) is 18.1 Å². The van der Waals surface area contributed by atoms with Crippen LogP contribution in [0.4, 0.5) is 0 Å². The molecule has 2 aromatic rings. The Bertz CT molecular complexity index is 882. The number of ether oxygens (including phenoxy) is 2. The summed E-state index contributed by atoms with van der Waals surface area (Å²) < 4.78 is 11.9. The number of carbonyl (C=O) groups excluding carboxylic acids is 1. The van der Waals surface area contributed by atoms with Crippen LogP contribution in [0, 0.1) is 11.3 Å². The van der Waals surface area contributed by atoms with E-state index < -0.39 is 0 Å². The van der Waals surface area contributed by atoms with Gasteiger partial charge in [-0.1, -0.05) is 31.2 Å². The molecule has 5 heteroatoms. The summed E-state index contributed by atoms with van der Waals surface area (Å²) in [5.74, 6) is 1.29. The van der Waals surface area contributed by atoms with Gasteiger partial charge in [0.05, 0.1) is 11.6 Å². The van der Waals surface area contributed by atoms with Gasteiger partial charge in [0.25, 0.3) is 5.91 Å². The van der Waals surface area contributed by atoms with E-state index in [2.05, 4.69) is 6.07 Å². The first-order valence-electron chi connectivity index (χ1n) is 9.62. The minimum Gasteiger partial charge on any atom is -0.483 e. The molecule has 0 saturated carbocycles. The zero-order chi connectivity index (χ0) is 20.1. The maximum absolute atomic E-state index is 12.8. The third kappa shape index (κ3) is 4.64. The van der Waals surface area contributed by atoms with E-state index in [1.807, 2.05) is 51.1 Å². The van der Waals surface area contributed by atoms with Crippen molar-refractivity contribution in [3.05, 3.63) is 59.2 Å². The molecule has 2 aromatic carbocycles. The number of para-hydroxylation sites is 1. The van der Waals surface area contributed by atoms with Crippen molar-refractivity contribution in [1.82, 2.24) is 4.90 Å². The number of rotatable bonds is 7. The Balaban J connectivity index is 1.65.